The molecule has 10 nitrogen and oxygen atoms in total. The number of hydrogen-bond donors (Lipinski definition) is 2. The first kappa shape index (κ1) is 52.5. The van der Waals surface area contributed by atoms with Gasteiger partial charge >= 0.3 is 0 Å². The highest BCUT2D eigenvalue weighted by atomic mass is 19.1. The van der Waals surface area contributed by atoms with Crippen molar-refractivity contribution in [2.45, 2.75) is 167 Å². The Bertz CT molecular complexity index is 2150. The first-order chi connectivity index (χ1) is 32.9. The number of amides is 1. The standard InChI is InChI=1S/C57H77FN2O8/c1-6-8-9-10-11-12-13-14-15-25-53(64)60(39-41-26-28-44(58)29-27-41)52-38-50(59-68-56(3,4)5)48-36-43(22-16-18-32-61)47(24-17-19-33-62)54-49-37-46(66-45-23-20-21-42(35-45)40-63)30-31-51(49)67-57(52,55(48)54)65-34-7-2/h7,20-21,23,26-31,35-37,40,43,47,52,54-55,61-62H,2,6,8-19,22,24-25,32-34,38-39H2,1,3-5H3/t43-,47+,52-,54+,55+,57+/m0/s1. The zero-order valence-corrected chi connectivity index (χ0v) is 41.1. The van der Waals surface area contributed by atoms with Crippen molar-refractivity contribution in [3.63, 3.8) is 0 Å². The molecule has 0 radical (unpaired) electrons. The lowest BCUT2D eigenvalue weighted by Crippen LogP contribution is -2.70. The molecule has 1 amide bonds. The van der Waals surface area contributed by atoms with Crippen molar-refractivity contribution in [3.05, 3.63) is 114 Å². The third-order valence-corrected chi connectivity index (χ3v) is 13.8. The van der Waals surface area contributed by atoms with E-state index in [9.17, 15) is 19.4 Å². The van der Waals surface area contributed by atoms with Gasteiger partial charge in [0.2, 0.25) is 11.7 Å². The monoisotopic (exact) mass is 937 g/mol. The minimum atomic E-state index is -1.45. The number of aliphatic hydroxyl groups excluding tert-OH is 2. The molecule has 0 aromatic heterocycles. The summed E-state index contributed by atoms with van der Waals surface area (Å²) in [6.45, 7) is 12.7. The van der Waals surface area contributed by atoms with Gasteiger partial charge in [0.15, 0.2) is 0 Å². The molecule has 6 rings (SSSR count). The first-order valence-corrected chi connectivity index (χ1v) is 25.5. The summed E-state index contributed by atoms with van der Waals surface area (Å²) in [7, 11) is 0. The predicted molar refractivity (Wildman–Crippen MR) is 266 cm³/mol. The van der Waals surface area contributed by atoms with Crippen LogP contribution in [0.4, 0.5) is 4.39 Å². The second-order valence-electron chi connectivity index (χ2n) is 20.0. The molecule has 3 aromatic rings. The molecule has 1 saturated carbocycles. The van der Waals surface area contributed by atoms with E-state index in [4.69, 9.17) is 24.2 Å². The van der Waals surface area contributed by atoms with Crippen LogP contribution >= 0.6 is 0 Å². The van der Waals surface area contributed by atoms with Crippen LogP contribution in [-0.2, 0) is 20.9 Å². The van der Waals surface area contributed by atoms with Crippen molar-refractivity contribution >= 4 is 17.9 Å². The van der Waals surface area contributed by atoms with Crippen LogP contribution in [0.15, 0.2) is 96.2 Å². The van der Waals surface area contributed by atoms with Crippen molar-refractivity contribution in [2.24, 2.45) is 22.9 Å². The molecule has 2 aliphatic carbocycles. The van der Waals surface area contributed by atoms with E-state index in [1.165, 1.54) is 44.2 Å². The Morgan fingerprint density at radius 3 is 2.26 bits per heavy atom. The van der Waals surface area contributed by atoms with Crippen LogP contribution < -0.4 is 9.47 Å². The Hall–Kier alpha value is -4.84. The Balaban J connectivity index is 1.53. The van der Waals surface area contributed by atoms with Crippen LogP contribution in [0.5, 0.6) is 17.2 Å². The number of rotatable bonds is 28. The van der Waals surface area contributed by atoms with Gasteiger partial charge < -0.3 is 34.2 Å². The largest absolute Gasteiger partial charge is 0.459 e. The zero-order valence-electron chi connectivity index (χ0n) is 41.1. The van der Waals surface area contributed by atoms with Crippen LogP contribution in [0.2, 0.25) is 0 Å². The van der Waals surface area contributed by atoms with Crippen LogP contribution in [0.1, 0.15) is 164 Å². The van der Waals surface area contributed by atoms with Gasteiger partial charge in [-0.15, -0.1) is 6.58 Å². The number of benzene rings is 3. The van der Waals surface area contributed by atoms with Gasteiger partial charge in [-0.2, -0.15) is 0 Å². The van der Waals surface area contributed by atoms with E-state index in [-0.39, 0.29) is 62.3 Å². The highest BCUT2D eigenvalue weighted by Gasteiger charge is 2.65. The van der Waals surface area contributed by atoms with Gasteiger partial charge in [-0.25, -0.2) is 4.39 Å². The lowest BCUT2D eigenvalue weighted by Gasteiger charge is -2.60. The molecule has 1 heterocycles. The number of unbranched alkanes of at least 4 members (excludes halogenated alkanes) is 10. The molecular weight excluding hydrogens is 860 g/mol. The van der Waals surface area contributed by atoms with Crippen LogP contribution in [0.3, 0.4) is 0 Å². The molecule has 0 unspecified atom stereocenters. The molecule has 0 saturated heterocycles. The van der Waals surface area contributed by atoms with Crippen molar-refractivity contribution in [1.82, 2.24) is 4.90 Å². The summed E-state index contributed by atoms with van der Waals surface area (Å²) in [6, 6.07) is 18.5. The van der Waals surface area contributed by atoms with Crippen molar-refractivity contribution in [1.29, 1.82) is 0 Å². The Kier molecular flexibility index (Phi) is 19.8. The van der Waals surface area contributed by atoms with Crippen LogP contribution in [0.25, 0.3) is 0 Å². The van der Waals surface area contributed by atoms with E-state index in [1.54, 1.807) is 36.4 Å². The predicted octanol–water partition coefficient (Wildman–Crippen LogP) is 12.8. The number of aldehydes is 1. The summed E-state index contributed by atoms with van der Waals surface area (Å²) in [5.41, 5.74) is 3.23. The number of hydrogen-bond acceptors (Lipinski definition) is 9. The number of nitrogens with zero attached hydrogens (tertiary/aromatic N) is 2. The van der Waals surface area contributed by atoms with Crippen LogP contribution in [-0.4, -0.2) is 70.3 Å². The van der Waals surface area contributed by atoms with Gasteiger partial charge in [0.25, 0.3) is 0 Å². The highest BCUT2D eigenvalue weighted by Crippen LogP contribution is 2.62. The first-order valence-electron chi connectivity index (χ1n) is 25.5. The van der Waals surface area contributed by atoms with Gasteiger partial charge in [-0.05, 0) is 118 Å². The summed E-state index contributed by atoms with van der Waals surface area (Å²) >= 11 is 0. The molecule has 68 heavy (non-hydrogen) atoms. The van der Waals surface area contributed by atoms with Gasteiger partial charge in [0, 0.05) is 49.6 Å². The van der Waals surface area contributed by atoms with E-state index < -0.39 is 23.3 Å². The highest BCUT2D eigenvalue weighted by molar-refractivity contribution is 6.03. The second kappa shape index (κ2) is 25.7. The maximum atomic E-state index is 15.2. The van der Waals surface area contributed by atoms with E-state index in [0.717, 1.165) is 74.4 Å². The second-order valence-corrected chi connectivity index (χ2v) is 20.0. The molecule has 2 N–H and O–H groups in total. The minimum absolute atomic E-state index is 0.0174. The lowest BCUT2D eigenvalue weighted by atomic mass is 9.55. The third-order valence-electron chi connectivity index (χ3n) is 13.8. The minimum Gasteiger partial charge on any atom is -0.459 e. The fraction of sp³-hybridized carbons (Fsp3) is 0.561. The number of oxime groups is 1. The van der Waals surface area contributed by atoms with Crippen LogP contribution in [0, 0.1) is 23.6 Å². The number of allylic oxidation sites excluding steroid dienone is 1. The maximum absolute atomic E-state index is 15.2. The molecule has 6 atom stereocenters. The number of carbonyl (C=O) groups excluding carboxylic acids is 2. The molecule has 370 valence electrons. The average molecular weight is 937 g/mol. The normalized spacial score (nSPS) is 22.4. The molecule has 1 aliphatic heterocycles. The Labute approximate surface area is 405 Å². The molecular formula is C57H77FN2O8. The fourth-order valence-corrected chi connectivity index (χ4v) is 10.6. The SMILES string of the molecule is C=CCO[C@@]12Oc3ccc(Oc4cccc(C=O)c4)cc3[C@H]3[C@H](CCCCO)[C@@H](CCCCO)C=C(C(=NOC(C)(C)C)C[C@@H]1N(Cc1ccc(F)cc1)C(=O)CCCCCCCCCCC)[C@H]32. The maximum Gasteiger partial charge on any atom is 0.239 e. The number of carbonyl (C=O) groups is 2. The lowest BCUT2D eigenvalue weighted by molar-refractivity contribution is -0.258. The van der Waals surface area contributed by atoms with Crippen molar-refractivity contribution in [2.75, 3.05) is 19.8 Å². The van der Waals surface area contributed by atoms with E-state index in [0.29, 0.717) is 47.8 Å². The molecule has 3 aromatic carbocycles. The summed E-state index contributed by atoms with van der Waals surface area (Å²) in [4.78, 5) is 35.1. The Morgan fingerprint density at radius 1 is 0.897 bits per heavy atom. The summed E-state index contributed by atoms with van der Waals surface area (Å²) in [5, 5.41) is 25.0. The summed E-state index contributed by atoms with van der Waals surface area (Å²) in [5.74, 6) is -0.838. The molecule has 0 spiro atoms. The summed E-state index contributed by atoms with van der Waals surface area (Å²) < 4.78 is 35.6. The smallest absolute Gasteiger partial charge is 0.239 e. The van der Waals surface area contributed by atoms with Crippen molar-refractivity contribution in [3.8, 4) is 17.2 Å². The Morgan fingerprint density at radius 2 is 1.59 bits per heavy atom. The van der Waals surface area contributed by atoms with Crippen molar-refractivity contribution < 1.29 is 43.2 Å². The quantitative estimate of drug-likeness (QED) is 0.0319. The van der Waals surface area contributed by atoms with Gasteiger partial charge in [0.05, 0.1) is 18.2 Å². The fourth-order valence-electron chi connectivity index (χ4n) is 10.6. The number of halogens is 1. The third kappa shape index (κ3) is 13.7. The number of ether oxygens (including phenoxy) is 3. The van der Waals surface area contributed by atoms with Gasteiger partial charge in [0.1, 0.15) is 41.0 Å². The van der Waals surface area contributed by atoms with E-state index >= 15 is 4.79 Å². The molecule has 11 heteroatoms. The summed E-state index contributed by atoms with van der Waals surface area (Å²) in [6.07, 6.45) is 20.0. The zero-order chi connectivity index (χ0) is 48.5. The van der Waals surface area contributed by atoms with Gasteiger partial charge in [-0.1, -0.05) is 113 Å². The van der Waals surface area contributed by atoms with E-state index in [1.807, 2.05) is 49.9 Å². The van der Waals surface area contributed by atoms with E-state index in [2.05, 4.69) is 19.6 Å². The van der Waals surface area contributed by atoms with Gasteiger partial charge in [-0.3, -0.25) is 9.59 Å². The molecule has 1 fully saturated rings. The number of fused-ring (bicyclic) bond motifs is 2. The molecule has 0 bridgehead atoms. The average Bonchev–Trinajstić information content (AvgIpc) is 3.33. The molecule has 3 aliphatic rings. The number of aliphatic hydroxyl groups is 2. The topological polar surface area (TPSA) is 127 Å².